The molecule has 0 atom stereocenters. The van der Waals surface area contributed by atoms with Crippen LogP contribution in [0.1, 0.15) is 23.8 Å². The van der Waals surface area contributed by atoms with Crippen molar-refractivity contribution in [1.82, 2.24) is 0 Å². The number of aryl methyl sites for hydroxylation is 2. The number of hydrogen-bond acceptors (Lipinski definition) is 4. The maximum absolute atomic E-state index is 13.0. The lowest BCUT2D eigenvalue weighted by Gasteiger charge is -2.19. The summed E-state index contributed by atoms with van der Waals surface area (Å²) in [5.41, 5.74) is 3.98. The molecule has 2 aromatic rings. The van der Waals surface area contributed by atoms with Crippen LogP contribution in [0.3, 0.4) is 0 Å². The monoisotopic (exact) mass is 337 g/mol. The highest BCUT2D eigenvalue weighted by atomic mass is 16.5. The first kappa shape index (κ1) is 16.8. The van der Waals surface area contributed by atoms with Crippen LogP contribution in [0.4, 0.5) is 5.69 Å². The third kappa shape index (κ3) is 2.89. The molecule has 3 rings (SSSR count). The number of furan rings is 1. The number of anilines is 1. The Hall–Kier alpha value is -3.08. The number of ether oxygens (including phenoxy) is 1. The van der Waals surface area contributed by atoms with Gasteiger partial charge in [-0.25, -0.2) is 4.79 Å². The molecule has 0 spiro atoms. The molecule has 0 aliphatic carbocycles. The van der Waals surface area contributed by atoms with Gasteiger partial charge in [-0.2, -0.15) is 0 Å². The first-order valence-electron chi connectivity index (χ1n) is 7.90. The second-order valence-electron chi connectivity index (χ2n) is 5.93. The van der Waals surface area contributed by atoms with Gasteiger partial charge >= 0.3 is 5.97 Å². The van der Waals surface area contributed by atoms with Crippen LogP contribution in [0.15, 0.2) is 57.9 Å². The van der Waals surface area contributed by atoms with Crippen molar-refractivity contribution in [3.63, 3.8) is 0 Å². The number of carbonyl (C=O) groups excluding carboxylic acids is 2. The molecule has 0 saturated heterocycles. The normalized spacial score (nSPS) is 16.1. The molecule has 5 nitrogen and oxygen atoms in total. The lowest BCUT2D eigenvalue weighted by atomic mass is 10.1. The highest BCUT2D eigenvalue weighted by Crippen LogP contribution is 2.36. The first-order chi connectivity index (χ1) is 11.9. The number of rotatable bonds is 3. The summed E-state index contributed by atoms with van der Waals surface area (Å²) < 4.78 is 10.2. The molecule has 128 valence electrons. The molecular weight excluding hydrogens is 318 g/mol. The highest BCUT2D eigenvalue weighted by molar-refractivity contribution is 6.23. The van der Waals surface area contributed by atoms with Crippen molar-refractivity contribution >= 4 is 23.6 Å². The number of nitrogens with zero attached hydrogens (tertiary/aromatic N) is 1. The molecule has 0 fully saturated rings. The number of allylic oxidation sites excluding steroid dienone is 1. The van der Waals surface area contributed by atoms with Crippen LogP contribution in [0.2, 0.25) is 0 Å². The van der Waals surface area contributed by atoms with Crippen LogP contribution < -0.4 is 4.90 Å². The Morgan fingerprint density at radius 2 is 1.92 bits per heavy atom. The smallest absolute Gasteiger partial charge is 0.340 e. The van der Waals surface area contributed by atoms with E-state index >= 15 is 0 Å². The number of amides is 1. The van der Waals surface area contributed by atoms with Gasteiger partial charge in [-0.15, -0.1) is 0 Å². The van der Waals surface area contributed by atoms with E-state index in [0.29, 0.717) is 11.5 Å². The zero-order valence-corrected chi connectivity index (χ0v) is 14.6. The Balaban J connectivity index is 2.15. The first-order valence-corrected chi connectivity index (χ1v) is 7.90. The van der Waals surface area contributed by atoms with Crippen molar-refractivity contribution in [3.05, 3.63) is 70.3 Å². The average Bonchev–Trinajstić information content (AvgIpc) is 3.17. The largest absolute Gasteiger partial charge is 0.465 e. The number of esters is 1. The minimum absolute atomic E-state index is 0.252. The summed E-state index contributed by atoms with van der Waals surface area (Å²) >= 11 is 0. The standard InChI is InChI=1S/C20H19NO4/c1-12-7-8-15(10-13(12)2)21-14(3)18(20(23)24-4)17(19(21)22)11-16-6-5-9-25-16/h5-11H,1-4H3. The fraction of sp³-hybridized carbons (Fsp3) is 0.200. The predicted octanol–water partition coefficient (Wildman–Crippen LogP) is 3.77. The van der Waals surface area contributed by atoms with Crippen LogP contribution in [0.25, 0.3) is 6.08 Å². The van der Waals surface area contributed by atoms with Gasteiger partial charge in [0.1, 0.15) is 5.76 Å². The zero-order chi connectivity index (χ0) is 18.1. The summed E-state index contributed by atoms with van der Waals surface area (Å²) in [7, 11) is 1.30. The lowest BCUT2D eigenvalue weighted by Crippen LogP contribution is -2.24. The van der Waals surface area contributed by atoms with E-state index in [9.17, 15) is 9.59 Å². The summed E-state index contributed by atoms with van der Waals surface area (Å²) in [5, 5.41) is 0. The average molecular weight is 337 g/mol. The molecule has 0 unspecified atom stereocenters. The maximum Gasteiger partial charge on any atom is 0.340 e. The molecular formula is C20H19NO4. The van der Waals surface area contributed by atoms with Gasteiger partial charge < -0.3 is 9.15 Å². The third-order valence-corrected chi connectivity index (χ3v) is 4.37. The van der Waals surface area contributed by atoms with E-state index in [1.54, 1.807) is 25.1 Å². The summed E-state index contributed by atoms with van der Waals surface area (Å²) in [5.74, 6) is -0.327. The molecule has 1 aliphatic heterocycles. The Morgan fingerprint density at radius 1 is 1.16 bits per heavy atom. The number of hydrogen-bond donors (Lipinski definition) is 0. The van der Waals surface area contributed by atoms with Crippen LogP contribution in [0, 0.1) is 13.8 Å². The highest BCUT2D eigenvalue weighted by Gasteiger charge is 2.38. The minimum atomic E-state index is -0.546. The minimum Gasteiger partial charge on any atom is -0.465 e. The molecule has 0 N–H and O–H groups in total. The molecule has 1 aromatic carbocycles. The Labute approximate surface area is 146 Å². The lowest BCUT2D eigenvalue weighted by molar-refractivity contribution is -0.136. The number of carbonyl (C=O) groups is 2. The van der Waals surface area contributed by atoms with Gasteiger partial charge in [0.2, 0.25) is 0 Å². The Kier molecular flexibility index (Phi) is 4.31. The van der Waals surface area contributed by atoms with Crippen molar-refractivity contribution in [1.29, 1.82) is 0 Å². The third-order valence-electron chi connectivity index (χ3n) is 4.37. The fourth-order valence-corrected chi connectivity index (χ4v) is 2.87. The molecule has 1 amide bonds. The van der Waals surface area contributed by atoms with Crippen molar-refractivity contribution in [2.75, 3.05) is 12.0 Å². The van der Waals surface area contributed by atoms with Crippen molar-refractivity contribution in [2.45, 2.75) is 20.8 Å². The van der Waals surface area contributed by atoms with Gasteiger partial charge in [0.25, 0.3) is 5.91 Å². The predicted molar refractivity (Wildman–Crippen MR) is 94.8 cm³/mol. The molecule has 2 heterocycles. The zero-order valence-electron chi connectivity index (χ0n) is 14.6. The van der Waals surface area contributed by atoms with E-state index < -0.39 is 5.97 Å². The van der Waals surface area contributed by atoms with Crippen molar-refractivity contribution in [2.24, 2.45) is 0 Å². The second kappa shape index (κ2) is 6.43. The van der Waals surface area contributed by atoms with Gasteiger partial charge in [0, 0.05) is 11.4 Å². The molecule has 25 heavy (non-hydrogen) atoms. The molecule has 0 radical (unpaired) electrons. The van der Waals surface area contributed by atoms with Gasteiger partial charge in [0.05, 0.1) is 24.5 Å². The molecule has 0 bridgehead atoms. The maximum atomic E-state index is 13.0. The van der Waals surface area contributed by atoms with Crippen molar-refractivity contribution in [3.8, 4) is 0 Å². The van der Waals surface area contributed by atoms with E-state index in [-0.39, 0.29) is 17.1 Å². The van der Waals surface area contributed by atoms with Gasteiger partial charge in [-0.05, 0) is 62.2 Å². The number of benzene rings is 1. The fourth-order valence-electron chi connectivity index (χ4n) is 2.87. The van der Waals surface area contributed by atoms with Crippen LogP contribution in [-0.4, -0.2) is 19.0 Å². The van der Waals surface area contributed by atoms with Crippen LogP contribution in [-0.2, 0) is 14.3 Å². The SMILES string of the molecule is COC(=O)C1=C(C)N(c2ccc(C)c(C)c2)C(=O)C1=Cc1ccco1. The summed E-state index contributed by atoms with van der Waals surface area (Å²) in [6.45, 7) is 5.73. The molecule has 1 aromatic heterocycles. The van der Waals surface area contributed by atoms with E-state index in [4.69, 9.17) is 9.15 Å². The summed E-state index contributed by atoms with van der Waals surface area (Å²) in [4.78, 5) is 26.8. The van der Waals surface area contributed by atoms with E-state index in [2.05, 4.69) is 0 Å². The van der Waals surface area contributed by atoms with Crippen molar-refractivity contribution < 1.29 is 18.7 Å². The van der Waals surface area contributed by atoms with E-state index in [1.807, 2.05) is 32.0 Å². The molecule has 1 aliphatic rings. The Morgan fingerprint density at radius 3 is 2.52 bits per heavy atom. The van der Waals surface area contributed by atoms with Gasteiger partial charge in [0.15, 0.2) is 0 Å². The Bertz CT molecular complexity index is 904. The summed E-state index contributed by atoms with van der Waals surface area (Å²) in [6.07, 6.45) is 3.08. The van der Waals surface area contributed by atoms with Crippen LogP contribution in [0.5, 0.6) is 0 Å². The topological polar surface area (TPSA) is 59.8 Å². The van der Waals surface area contributed by atoms with Gasteiger partial charge in [-0.1, -0.05) is 6.07 Å². The molecule has 0 saturated carbocycles. The van der Waals surface area contributed by atoms with Crippen LogP contribution >= 0.6 is 0 Å². The van der Waals surface area contributed by atoms with Gasteiger partial charge in [-0.3, -0.25) is 9.69 Å². The second-order valence-corrected chi connectivity index (χ2v) is 5.93. The van der Waals surface area contributed by atoms with E-state index in [0.717, 1.165) is 16.8 Å². The quantitative estimate of drug-likeness (QED) is 0.632. The molecule has 5 heteroatoms. The summed E-state index contributed by atoms with van der Waals surface area (Å²) in [6, 6.07) is 9.21. The number of methoxy groups -OCH3 is 1. The van der Waals surface area contributed by atoms with E-state index in [1.165, 1.54) is 18.3 Å².